The first-order valence-corrected chi connectivity index (χ1v) is 5.46. The Morgan fingerprint density at radius 1 is 1.05 bits per heavy atom. The van der Waals surface area contributed by atoms with Gasteiger partial charge in [0.25, 0.3) is 11.7 Å². The molecule has 0 bridgehead atoms. The summed E-state index contributed by atoms with van der Waals surface area (Å²) in [6.07, 6.45) is 1.56. The van der Waals surface area contributed by atoms with E-state index in [0.29, 0.717) is 5.56 Å². The summed E-state index contributed by atoms with van der Waals surface area (Å²) < 4.78 is 0. The van der Waals surface area contributed by atoms with Crippen LogP contribution in [0, 0.1) is 0 Å². The molecule has 20 heavy (non-hydrogen) atoms. The van der Waals surface area contributed by atoms with E-state index in [1.54, 1.807) is 30.5 Å². The average Bonchev–Trinajstić information content (AvgIpc) is 2.40. The summed E-state index contributed by atoms with van der Waals surface area (Å²) in [4.78, 5) is 11.7. The Balaban J connectivity index is 0.00000180. The van der Waals surface area contributed by atoms with Crippen LogP contribution in [-0.4, -0.2) is 22.7 Å². The number of para-hydroxylation sites is 1. The van der Waals surface area contributed by atoms with Crippen LogP contribution < -0.4 is 5.43 Å². The first-order valence-electron chi connectivity index (χ1n) is 5.46. The van der Waals surface area contributed by atoms with Crippen molar-refractivity contribution in [2.75, 3.05) is 0 Å². The minimum atomic E-state index is -0.382. The molecule has 0 heterocycles. The molecule has 2 aromatic rings. The fourth-order valence-corrected chi connectivity index (χ4v) is 1.45. The average molecular weight is 325 g/mol. The van der Waals surface area contributed by atoms with E-state index in [-0.39, 0.29) is 36.6 Å². The van der Waals surface area contributed by atoms with Gasteiger partial charge in [-0.25, -0.2) is 5.43 Å². The fourth-order valence-electron chi connectivity index (χ4n) is 1.45. The van der Waals surface area contributed by atoms with Crippen molar-refractivity contribution in [1.29, 1.82) is 0 Å². The predicted octanol–water partition coefficient (Wildman–Crippen LogP) is 1.06. The van der Waals surface area contributed by atoms with Crippen LogP contribution in [0.4, 0.5) is 0 Å². The quantitative estimate of drug-likeness (QED) is 0.388. The van der Waals surface area contributed by atoms with Crippen LogP contribution in [0.3, 0.4) is 0 Å². The molecule has 0 aliphatic rings. The van der Waals surface area contributed by atoms with E-state index in [9.17, 15) is 4.79 Å². The first-order chi connectivity index (χ1) is 8.77. The molecule has 0 aliphatic heterocycles. The van der Waals surface area contributed by atoms with Crippen molar-refractivity contribution in [3.63, 3.8) is 0 Å². The second kappa shape index (κ2) is 8.96. The molecule has 0 aliphatic carbocycles. The molecular formula is C14H15N2O3Zn+. The summed E-state index contributed by atoms with van der Waals surface area (Å²) in [5.41, 5.74) is 3.61. The summed E-state index contributed by atoms with van der Waals surface area (Å²) in [5.74, 6) is -0.197. The van der Waals surface area contributed by atoms with Crippen LogP contribution >= 0.6 is 0 Å². The van der Waals surface area contributed by atoms with Gasteiger partial charge in [-0.3, -0.25) is 4.79 Å². The summed E-state index contributed by atoms with van der Waals surface area (Å²) in [6, 6.07) is 16.0. The zero-order chi connectivity index (χ0) is 12.8. The van der Waals surface area contributed by atoms with E-state index in [0.717, 1.165) is 5.56 Å². The normalized spacial score (nSPS) is 9.40. The molecule has 0 unspecified atom stereocenters. The van der Waals surface area contributed by atoms with E-state index in [1.165, 1.54) is 0 Å². The van der Waals surface area contributed by atoms with Crippen molar-refractivity contribution >= 4 is 12.1 Å². The topological polar surface area (TPSA) is 95.9 Å². The number of nitrogens with zero attached hydrogens (tertiary/aromatic N) is 1. The SMILES string of the molecule is O.O=C(N/N=C\c1ccccc1)c1ccccc1[OH2+].[Zn]. The summed E-state index contributed by atoms with van der Waals surface area (Å²) in [6.45, 7) is 0. The van der Waals surface area contributed by atoms with Crippen molar-refractivity contribution in [1.82, 2.24) is 5.43 Å². The molecule has 2 aromatic carbocycles. The monoisotopic (exact) mass is 323 g/mol. The molecule has 5 nitrogen and oxygen atoms in total. The predicted molar refractivity (Wildman–Crippen MR) is 74.6 cm³/mol. The van der Waals surface area contributed by atoms with E-state index in [2.05, 4.69) is 10.5 Å². The maximum atomic E-state index is 11.7. The first kappa shape index (κ1) is 18.0. The van der Waals surface area contributed by atoms with Crippen molar-refractivity contribution < 1.29 is 34.9 Å². The van der Waals surface area contributed by atoms with Crippen molar-refractivity contribution in [3.8, 4) is 5.75 Å². The van der Waals surface area contributed by atoms with Crippen LogP contribution in [0.2, 0.25) is 0 Å². The van der Waals surface area contributed by atoms with Crippen molar-refractivity contribution in [2.24, 2.45) is 5.10 Å². The van der Waals surface area contributed by atoms with Crippen LogP contribution in [-0.2, 0) is 19.5 Å². The standard InChI is InChI=1S/C14H12N2O2.H2O.Zn/c17-13-9-5-4-8-12(13)14(18)16-15-10-11-6-2-1-3-7-11;;/h1-10,17H,(H,16,18);1H2;/p+1/b15-10-;;. The molecule has 2 rings (SSSR count). The zero-order valence-corrected chi connectivity index (χ0v) is 13.8. The molecule has 1 amide bonds. The van der Waals surface area contributed by atoms with Crippen molar-refractivity contribution in [2.45, 2.75) is 0 Å². The Kier molecular flexibility index (Phi) is 8.05. The second-order valence-corrected chi connectivity index (χ2v) is 3.66. The zero-order valence-electron chi connectivity index (χ0n) is 10.8. The molecule has 0 saturated heterocycles. The number of benzene rings is 2. The molecule has 5 N–H and O–H groups in total. The molecule has 6 heteroatoms. The number of nitrogens with one attached hydrogen (secondary N) is 1. The minimum absolute atomic E-state index is 0. The van der Waals surface area contributed by atoms with E-state index in [4.69, 9.17) is 5.11 Å². The van der Waals surface area contributed by atoms with Gasteiger partial charge in [-0.05, 0) is 11.6 Å². The van der Waals surface area contributed by atoms with Gasteiger partial charge in [-0.2, -0.15) is 5.10 Å². The third-order valence-electron chi connectivity index (χ3n) is 2.35. The van der Waals surface area contributed by atoms with E-state index < -0.39 is 0 Å². The molecule has 100 valence electrons. The maximum Gasteiger partial charge on any atom is 0.280 e. The maximum absolute atomic E-state index is 11.7. The van der Waals surface area contributed by atoms with Gasteiger partial charge in [-0.1, -0.05) is 42.5 Å². The van der Waals surface area contributed by atoms with Crippen LogP contribution in [0.5, 0.6) is 5.75 Å². The van der Waals surface area contributed by atoms with E-state index in [1.807, 2.05) is 30.3 Å². The van der Waals surface area contributed by atoms with Gasteiger partial charge in [0, 0.05) is 25.5 Å². The minimum Gasteiger partial charge on any atom is -0.593 e. The molecule has 0 aromatic heterocycles. The van der Waals surface area contributed by atoms with Gasteiger partial charge in [0.15, 0.2) is 0 Å². The third kappa shape index (κ3) is 4.92. The number of amides is 1. The number of hydrogen-bond donors (Lipinski definition) is 1. The van der Waals surface area contributed by atoms with Crippen LogP contribution in [0.1, 0.15) is 15.9 Å². The molecule has 0 fully saturated rings. The summed E-state index contributed by atoms with van der Waals surface area (Å²) in [5, 5.41) is 11.4. The smallest absolute Gasteiger partial charge is 0.280 e. The molecule has 0 spiro atoms. The molecule has 0 atom stereocenters. The van der Waals surface area contributed by atoms with Gasteiger partial charge in [0.1, 0.15) is 5.56 Å². The van der Waals surface area contributed by atoms with Gasteiger partial charge in [0.2, 0.25) is 0 Å². The number of hydrogen-bond acceptors (Lipinski definition) is 2. The van der Waals surface area contributed by atoms with Gasteiger partial charge < -0.3 is 10.6 Å². The molecule has 0 saturated carbocycles. The Bertz CT molecular complexity index is 574. The second-order valence-electron chi connectivity index (χ2n) is 3.66. The van der Waals surface area contributed by atoms with Crippen molar-refractivity contribution in [3.05, 3.63) is 65.7 Å². The Morgan fingerprint density at radius 2 is 1.65 bits per heavy atom. The number of hydrazone groups is 1. The number of carbonyl (C=O) groups excluding carboxylic acids is 1. The van der Waals surface area contributed by atoms with Crippen LogP contribution in [0.15, 0.2) is 59.7 Å². The van der Waals surface area contributed by atoms with Gasteiger partial charge in [0.05, 0.1) is 6.21 Å². The number of rotatable bonds is 3. The summed E-state index contributed by atoms with van der Waals surface area (Å²) >= 11 is 0. The Hall–Kier alpha value is -2.04. The fraction of sp³-hybridized carbons (Fsp3) is 0. The van der Waals surface area contributed by atoms with E-state index >= 15 is 0 Å². The van der Waals surface area contributed by atoms with Crippen LogP contribution in [0.25, 0.3) is 0 Å². The van der Waals surface area contributed by atoms with Gasteiger partial charge >= 0.3 is 0 Å². The summed E-state index contributed by atoms with van der Waals surface area (Å²) in [7, 11) is 0. The number of carbonyl (C=O) groups is 1. The molecule has 0 radical (unpaired) electrons. The Morgan fingerprint density at radius 3 is 2.30 bits per heavy atom. The Labute approximate surface area is 129 Å². The molecular weight excluding hydrogens is 310 g/mol. The largest absolute Gasteiger partial charge is 0.593 e. The third-order valence-corrected chi connectivity index (χ3v) is 2.35. The van der Waals surface area contributed by atoms with Gasteiger partial charge in [-0.15, -0.1) is 0 Å².